The summed E-state index contributed by atoms with van der Waals surface area (Å²) in [5.41, 5.74) is 2.39. The highest BCUT2D eigenvalue weighted by Gasteiger charge is 2.13. The number of hydrogen-bond donors (Lipinski definition) is 1. The van der Waals surface area contributed by atoms with Crippen molar-refractivity contribution in [3.8, 4) is 0 Å². The zero-order valence-electron chi connectivity index (χ0n) is 11.9. The maximum absolute atomic E-state index is 13.4. The third kappa shape index (κ3) is 5.04. The topological polar surface area (TPSA) is 12.0 Å². The van der Waals surface area contributed by atoms with Gasteiger partial charge in [-0.3, -0.25) is 0 Å². The molecular formula is C17H18BrFIN. The molecular weight excluding hydrogens is 444 g/mol. The summed E-state index contributed by atoms with van der Waals surface area (Å²) in [5.74, 6) is -0.217. The second-order valence-electron chi connectivity index (χ2n) is 5.01. The Labute approximate surface area is 147 Å². The normalized spacial score (nSPS) is 12.4. The first kappa shape index (κ1) is 16.9. The SMILES string of the molecule is CCCNC(Cc1ccc(F)c(Br)c1)c1cccc(I)c1. The van der Waals surface area contributed by atoms with E-state index in [9.17, 15) is 4.39 Å². The maximum Gasteiger partial charge on any atom is 0.137 e. The van der Waals surface area contributed by atoms with Gasteiger partial charge in [-0.25, -0.2) is 4.39 Å². The number of benzene rings is 2. The van der Waals surface area contributed by atoms with Gasteiger partial charge in [-0.1, -0.05) is 25.1 Å². The summed E-state index contributed by atoms with van der Waals surface area (Å²) in [7, 11) is 0. The molecule has 2 aromatic rings. The molecule has 1 nitrogen and oxygen atoms in total. The Morgan fingerprint density at radius 1 is 1.24 bits per heavy atom. The second-order valence-corrected chi connectivity index (χ2v) is 7.11. The summed E-state index contributed by atoms with van der Waals surface area (Å²) < 4.78 is 15.1. The number of nitrogens with one attached hydrogen (secondary N) is 1. The van der Waals surface area contributed by atoms with E-state index in [4.69, 9.17) is 0 Å². The van der Waals surface area contributed by atoms with Crippen molar-refractivity contribution in [1.82, 2.24) is 5.32 Å². The fourth-order valence-electron chi connectivity index (χ4n) is 2.25. The van der Waals surface area contributed by atoms with Gasteiger partial charge in [0.05, 0.1) is 4.47 Å². The zero-order chi connectivity index (χ0) is 15.2. The first-order valence-corrected chi connectivity index (χ1v) is 8.90. The average Bonchev–Trinajstić information content (AvgIpc) is 2.47. The van der Waals surface area contributed by atoms with Crippen molar-refractivity contribution in [2.24, 2.45) is 0 Å². The van der Waals surface area contributed by atoms with Gasteiger partial charge in [-0.15, -0.1) is 0 Å². The van der Waals surface area contributed by atoms with E-state index in [0.717, 1.165) is 24.9 Å². The van der Waals surface area contributed by atoms with Crippen LogP contribution in [0.25, 0.3) is 0 Å². The molecule has 0 saturated heterocycles. The van der Waals surface area contributed by atoms with Crippen molar-refractivity contribution in [3.05, 3.63) is 67.5 Å². The lowest BCUT2D eigenvalue weighted by atomic mass is 9.98. The Hall–Kier alpha value is -0.460. The predicted molar refractivity (Wildman–Crippen MR) is 98.0 cm³/mol. The molecule has 0 heterocycles. The van der Waals surface area contributed by atoms with Crippen LogP contribution in [-0.4, -0.2) is 6.54 Å². The summed E-state index contributed by atoms with van der Waals surface area (Å²) in [6.45, 7) is 3.13. The highest BCUT2D eigenvalue weighted by atomic mass is 127. The van der Waals surface area contributed by atoms with Crippen LogP contribution in [0.4, 0.5) is 4.39 Å². The molecule has 1 N–H and O–H groups in total. The summed E-state index contributed by atoms with van der Waals surface area (Å²) in [6.07, 6.45) is 1.94. The minimum absolute atomic E-state index is 0.217. The van der Waals surface area contributed by atoms with Crippen molar-refractivity contribution in [3.63, 3.8) is 0 Å². The fraction of sp³-hybridized carbons (Fsp3) is 0.294. The van der Waals surface area contributed by atoms with Crippen molar-refractivity contribution in [2.45, 2.75) is 25.8 Å². The lowest BCUT2D eigenvalue weighted by Gasteiger charge is -2.20. The standard InChI is InChI=1S/C17H18BrFIN/c1-2-8-21-17(13-4-3-5-14(20)11-13)10-12-6-7-16(19)15(18)9-12/h3-7,9,11,17,21H,2,8,10H2,1H3. The molecule has 0 radical (unpaired) electrons. The van der Waals surface area contributed by atoms with Gasteiger partial charge in [0.2, 0.25) is 0 Å². The molecule has 4 heteroatoms. The smallest absolute Gasteiger partial charge is 0.137 e. The Morgan fingerprint density at radius 2 is 2.05 bits per heavy atom. The Kier molecular flexibility index (Phi) is 6.64. The third-order valence-electron chi connectivity index (χ3n) is 3.32. The first-order chi connectivity index (χ1) is 10.1. The van der Waals surface area contributed by atoms with Crippen LogP contribution < -0.4 is 5.32 Å². The quantitative estimate of drug-likeness (QED) is 0.562. The van der Waals surface area contributed by atoms with Gasteiger partial charge < -0.3 is 5.32 Å². The van der Waals surface area contributed by atoms with E-state index in [1.807, 2.05) is 12.1 Å². The van der Waals surface area contributed by atoms with Crippen LogP contribution in [0.15, 0.2) is 46.9 Å². The Morgan fingerprint density at radius 3 is 2.71 bits per heavy atom. The molecule has 112 valence electrons. The molecule has 1 atom stereocenters. The summed E-state index contributed by atoms with van der Waals surface area (Å²) in [4.78, 5) is 0. The molecule has 21 heavy (non-hydrogen) atoms. The lowest BCUT2D eigenvalue weighted by molar-refractivity contribution is 0.528. The van der Waals surface area contributed by atoms with Gasteiger partial charge in [0.1, 0.15) is 5.82 Å². The lowest BCUT2D eigenvalue weighted by Crippen LogP contribution is -2.24. The molecule has 2 aromatic carbocycles. The largest absolute Gasteiger partial charge is 0.310 e. The maximum atomic E-state index is 13.4. The molecule has 0 aliphatic heterocycles. The van der Waals surface area contributed by atoms with Gasteiger partial charge in [0.15, 0.2) is 0 Å². The van der Waals surface area contributed by atoms with Crippen molar-refractivity contribution >= 4 is 38.5 Å². The highest BCUT2D eigenvalue weighted by molar-refractivity contribution is 14.1. The van der Waals surface area contributed by atoms with Gasteiger partial charge >= 0.3 is 0 Å². The third-order valence-corrected chi connectivity index (χ3v) is 4.59. The number of halogens is 3. The van der Waals surface area contributed by atoms with Gasteiger partial charge in [0.25, 0.3) is 0 Å². The Balaban J connectivity index is 2.21. The van der Waals surface area contributed by atoms with E-state index in [1.54, 1.807) is 0 Å². The highest BCUT2D eigenvalue weighted by Crippen LogP contribution is 2.23. The molecule has 0 aliphatic rings. The molecule has 1 unspecified atom stereocenters. The van der Waals surface area contributed by atoms with E-state index in [1.165, 1.54) is 15.2 Å². The van der Waals surface area contributed by atoms with Crippen LogP contribution in [0.3, 0.4) is 0 Å². The summed E-state index contributed by atoms with van der Waals surface area (Å²) >= 11 is 5.59. The average molecular weight is 462 g/mol. The molecule has 0 bridgehead atoms. The van der Waals surface area contributed by atoms with E-state index >= 15 is 0 Å². The molecule has 0 aromatic heterocycles. The summed E-state index contributed by atoms with van der Waals surface area (Å²) in [6, 6.07) is 14.0. The number of rotatable bonds is 6. The van der Waals surface area contributed by atoms with Crippen LogP contribution in [-0.2, 0) is 6.42 Å². The van der Waals surface area contributed by atoms with E-state index < -0.39 is 0 Å². The monoisotopic (exact) mass is 461 g/mol. The number of hydrogen-bond acceptors (Lipinski definition) is 1. The molecule has 0 spiro atoms. The predicted octanol–water partition coefficient (Wildman–Crippen LogP) is 5.48. The van der Waals surface area contributed by atoms with Crippen molar-refractivity contribution < 1.29 is 4.39 Å². The van der Waals surface area contributed by atoms with E-state index in [0.29, 0.717) is 4.47 Å². The molecule has 0 fully saturated rings. The van der Waals surface area contributed by atoms with Crippen LogP contribution in [0.2, 0.25) is 0 Å². The van der Waals surface area contributed by atoms with E-state index in [-0.39, 0.29) is 11.9 Å². The minimum Gasteiger partial charge on any atom is -0.310 e. The van der Waals surface area contributed by atoms with Crippen molar-refractivity contribution in [1.29, 1.82) is 0 Å². The zero-order valence-corrected chi connectivity index (χ0v) is 15.6. The van der Waals surface area contributed by atoms with Crippen LogP contribution in [0, 0.1) is 9.39 Å². The van der Waals surface area contributed by atoms with Crippen LogP contribution >= 0.6 is 38.5 Å². The fourth-order valence-corrected chi connectivity index (χ4v) is 3.25. The summed E-state index contributed by atoms with van der Waals surface area (Å²) in [5, 5.41) is 3.58. The first-order valence-electron chi connectivity index (χ1n) is 7.03. The molecule has 2 rings (SSSR count). The van der Waals surface area contributed by atoms with Gasteiger partial charge in [0, 0.05) is 9.61 Å². The van der Waals surface area contributed by atoms with Crippen molar-refractivity contribution in [2.75, 3.05) is 6.54 Å². The second kappa shape index (κ2) is 8.25. The molecule has 0 aliphatic carbocycles. The molecule has 0 amide bonds. The molecule has 0 saturated carbocycles. The van der Waals surface area contributed by atoms with Gasteiger partial charge in [-0.05, 0) is 93.3 Å². The van der Waals surface area contributed by atoms with Gasteiger partial charge in [-0.2, -0.15) is 0 Å². The van der Waals surface area contributed by atoms with E-state index in [2.05, 4.69) is 75.0 Å². The van der Waals surface area contributed by atoms with Crippen LogP contribution in [0.1, 0.15) is 30.5 Å². The van der Waals surface area contributed by atoms with Crippen LogP contribution in [0.5, 0.6) is 0 Å². The Bertz CT molecular complexity index is 603. The minimum atomic E-state index is -0.217.